The lowest BCUT2D eigenvalue weighted by Gasteiger charge is -2.07. The Labute approximate surface area is 114 Å². The summed E-state index contributed by atoms with van der Waals surface area (Å²) in [7, 11) is 0. The summed E-state index contributed by atoms with van der Waals surface area (Å²) in [6.45, 7) is 4.30. The molecule has 0 radical (unpaired) electrons. The molecule has 2 heteroatoms. The lowest BCUT2D eigenvalue weighted by Crippen LogP contribution is -2.11. The maximum atomic E-state index is 11.8. The van der Waals surface area contributed by atoms with E-state index in [-0.39, 0.29) is 5.97 Å². The van der Waals surface area contributed by atoms with Gasteiger partial charge in [0.05, 0.1) is 6.42 Å². The molecule has 2 nitrogen and oxygen atoms in total. The molecule has 19 heavy (non-hydrogen) atoms. The molecule has 0 aromatic heterocycles. The molecule has 0 amide bonds. The van der Waals surface area contributed by atoms with Crippen molar-refractivity contribution in [2.45, 2.75) is 26.2 Å². The van der Waals surface area contributed by atoms with Gasteiger partial charge in [0.2, 0.25) is 0 Å². The largest absolute Gasteiger partial charge is 0.426 e. The topological polar surface area (TPSA) is 26.3 Å². The molecule has 0 aliphatic heterocycles. The Hall–Kier alpha value is -2.09. The first-order valence-corrected chi connectivity index (χ1v) is 6.49. The van der Waals surface area contributed by atoms with Gasteiger partial charge < -0.3 is 4.74 Å². The molecule has 2 aromatic rings. The molecule has 0 aliphatic carbocycles. The van der Waals surface area contributed by atoms with Crippen LogP contribution in [0.3, 0.4) is 0 Å². The molecule has 0 aliphatic rings. The van der Waals surface area contributed by atoms with Crippen LogP contribution in [-0.2, 0) is 11.2 Å². The van der Waals surface area contributed by atoms with Crippen molar-refractivity contribution in [3.05, 3.63) is 65.7 Å². The Morgan fingerprint density at radius 1 is 1.00 bits per heavy atom. The monoisotopic (exact) mass is 254 g/mol. The first-order chi connectivity index (χ1) is 9.15. The van der Waals surface area contributed by atoms with Gasteiger partial charge in [0.1, 0.15) is 5.75 Å². The minimum absolute atomic E-state index is 0.233. The summed E-state index contributed by atoms with van der Waals surface area (Å²) in [6.07, 6.45) is 0.299. The summed E-state index contributed by atoms with van der Waals surface area (Å²) < 4.78 is 5.26. The molecule has 2 rings (SSSR count). The summed E-state index contributed by atoms with van der Waals surface area (Å²) in [6, 6.07) is 17.2. The number of para-hydroxylation sites is 1. The van der Waals surface area contributed by atoms with E-state index in [4.69, 9.17) is 4.74 Å². The van der Waals surface area contributed by atoms with Crippen LogP contribution >= 0.6 is 0 Å². The zero-order valence-electron chi connectivity index (χ0n) is 11.3. The van der Waals surface area contributed by atoms with E-state index in [1.165, 1.54) is 5.56 Å². The van der Waals surface area contributed by atoms with Gasteiger partial charge in [-0.05, 0) is 29.2 Å². The number of ether oxygens (including phenoxy) is 1. The molecule has 0 spiro atoms. The first kappa shape index (κ1) is 13.3. The fourth-order valence-electron chi connectivity index (χ4n) is 1.84. The van der Waals surface area contributed by atoms with Gasteiger partial charge in [0.25, 0.3) is 0 Å². The molecule has 0 heterocycles. The molecule has 0 unspecified atom stereocenters. The highest BCUT2D eigenvalue weighted by molar-refractivity contribution is 5.75. The van der Waals surface area contributed by atoms with E-state index in [1.54, 1.807) is 12.1 Å². The van der Waals surface area contributed by atoms with E-state index in [1.807, 2.05) is 30.3 Å². The van der Waals surface area contributed by atoms with E-state index < -0.39 is 0 Å². The average Bonchev–Trinajstić information content (AvgIpc) is 2.40. The number of carbonyl (C=O) groups is 1. The van der Waals surface area contributed by atoms with Crippen LogP contribution in [0, 0.1) is 0 Å². The molecule has 0 bridgehead atoms. The molecule has 0 saturated carbocycles. The van der Waals surface area contributed by atoms with Gasteiger partial charge in [-0.25, -0.2) is 0 Å². The minimum atomic E-state index is -0.233. The van der Waals surface area contributed by atoms with Gasteiger partial charge in [-0.15, -0.1) is 0 Å². The normalized spacial score (nSPS) is 10.5. The molecule has 0 N–H and O–H groups in total. The maximum absolute atomic E-state index is 11.8. The van der Waals surface area contributed by atoms with Gasteiger partial charge in [-0.1, -0.05) is 56.3 Å². The number of esters is 1. The van der Waals surface area contributed by atoms with Crippen molar-refractivity contribution < 1.29 is 9.53 Å². The molecule has 2 aromatic carbocycles. The average molecular weight is 254 g/mol. The van der Waals surface area contributed by atoms with Crippen LogP contribution in [0.25, 0.3) is 0 Å². The predicted octanol–water partition coefficient (Wildman–Crippen LogP) is 3.96. The van der Waals surface area contributed by atoms with Crippen molar-refractivity contribution in [2.24, 2.45) is 0 Å². The number of benzene rings is 2. The fourth-order valence-corrected chi connectivity index (χ4v) is 1.84. The number of hydrogen-bond acceptors (Lipinski definition) is 2. The highest BCUT2D eigenvalue weighted by atomic mass is 16.5. The van der Waals surface area contributed by atoms with Gasteiger partial charge in [0.15, 0.2) is 0 Å². The number of carbonyl (C=O) groups excluding carboxylic acids is 1. The van der Waals surface area contributed by atoms with E-state index in [0.29, 0.717) is 18.1 Å². The summed E-state index contributed by atoms with van der Waals surface area (Å²) in [5.41, 5.74) is 2.26. The second kappa shape index (κ2) is 6.19. The van der Waals surface area contributed by atoms with E-state index in [2.05, 4.69) is 26.0 Å². The summed E-state index contributed by atoms with van der Waals surface area (Å²) in [4.78, 5) is 11.8. The van der Waals surface area contributed by atoms with Crippen molar-refractivity contribution in [3.8, 4) is 5.75 Å². The highest BCUT2D eigenvalue weighted by Crippen LogP contribution is 2.15. The smallest absolute Gasteiger partial charge is 0.315 e. The van der Waals surface area contributed by atoms with Crippen LogP contribution in [-0.4, -0.2) is 5.97 Å². The molecular weight excluding hydrogens is 236 g/mol. The predicted molar refractivity (Wildman–Crippen MR) is 76.3 cm³/mol. The Balaban J connectivity index is 1.95. The van der Waals surface area contributed by atoms with Crippen LogP contribution in [0.4, 0.5) is 0 Å². The van der Waals surface area contributed by atoms with Gasteiger partial charge in [-0.3, -0.25) is 4.79 Å². The Morgan fingerprint density at radius 3 is 2.21 bits per heavy atom. The first-order valence-electron chi connectivity index (χ1n) is 6.49. The summed E-state index contributed by atoms with van der Waals surface area (Å²) in [5, 5.41) is 0. The number of hydrogen-bond donors (Lipinski definition) is 0. The molecule has 0 saturated heterocycles. The second-order valence-electron chi connectivity index (χ2n) is 4.86. The Kier molecular flexibility index (Phi) is 4.35. The van der Waals surface area contributed by atoms with Crippen LogP contribution in [0.5, 0.6) is 5.75 Å². The Morgan fingerprint density at radius 2 is 1.63 bits per heavy atom. The van der Waals surface area contributed by atoms with Crippen molar-refractivity contribution in [1.29, 1.82) is 0 Å². The number of rotatable bonds is 4. The summed E-state index contributed by atoms with van der Waals surface area (Å²) >= 11 is 0. The van der Waals surface area contributed by atoms with Crippen LogP contribution in [0.2, 0.25) is 0 Å². The van der Waals surface area contributed by atoms with Crippen LogP contribution < -0.4 is 4.74 Å². The van der Waals surface area contributed by atoms with Crippen molar-refractivity contribution >= 4 is 5.97 Å². The van der Waals surface area contributed by atoms with Crippen molar-refractivity contribution in [3.63, 3.8) is 0 Å². The van der Waals surface area contributed by atoms with Crippen LogP contribution in [0.15, 0.2) is 54.6 Å². The zero-order valence-corrected chi connectivity index (χ0v) is 11.3. The van der Waals surface area contributed by atoms with Crippen LogP contribution in [0.1, 0.15) is 30.9 Å². The third-order valence-electron chi connectivity index (χ3n) is 2.97. The maximum Gasteiger partial charge on any atom is 0.315 e. The molecular formula is C17H18O2. The third kappa shape index (κ3) is 3.95. The molecule has 0 atom stereocenters. The van der Waals surface area contributed by atoms with E-state index in [0.717, 1.165) is 5.56 Å². The molecule has 0 fully saturated rings. The van der Waals surface area contributed by atoms with E-state index >= 15 is 0 Å². The minimum Gasteiger partial charge on any atom is -0.426 e. The lowest BCUT2D eigenvalue weighted by molar-refractivity contribution is -0.133. The standard InChI is InChI=1S/C17H18O2/c1-13(2)15-10-8-14(9-11-15)12-17(18)19-16-6-4-3-5-7-16/h3-11,13H,12H2,1-2H3. The fraction of sp³-hybridized carbons (Fsp3) is 0.235. The zero-order chi connectivity index (χ0) is 13.7. The lowest BCUT2D eigenvalue weighted by atomic mass is 10.0. The molecule has 98 valence electrons. The third-order valence-corrected chi connectivity index (χ3v) is 2.97. The van der Waals surface area contributed by atoms with Gasteiger partial charge >= 0.3 is 5.97 Å². The summed E-state index contributed by atoms with van der Waals surface area (Å²) in [5.74, 6) is 0.861. The van der Waals surface area contributed by atoms with Gasteiger partial charge in [-0.2, -0.15) is 0 Å². The quantitative estimate of drug-likeness (QED) is 0.610. The second-order valence-corrected chi connectivity index (χ2v) is 4.86. The van der Waals surface area contributed by atoms with Gasteiger partial charge in [0, 0.05) is 0 Å². The Bertz CT molecular complexity index is 527. The SMILES string of the molecule is CC(C)c1ccc(CC(=O)Oc2ccccc2)cc1. The highest BCUT2D eigenvalue weighted by Gasteiger charge is 2.06. The van der Waals surface area contributed by atoms with E-state index in [9.17, 15) is 4.79 Å². The van der Waals surface area contributed by atoms with Crippen molar-refractivity contribution in [1.82, 2.24) is 0 Å². The van der Waals surface area contributed by atoms with Crippen molar-refractivity contribution in [2.75, 3.05) is 0 Å².